The number of methoxy groups -OCH3 is 2. The standard InChI is InChI=1S/C18H25NO5/c1-5-24-18(21)13-7-6-8-19(11-13)17(20)14-10-15(22-3)12(2)9-16(14)23-4/h9-10,13H,5-8,11H2,1-4H3. The molecule has 132 valence electrons. The molecule has 1 aliphatic rings. The molecule has 1 saturated heterocycles. The minimum atomic E-state index is -0.263. The molecule has 6 heteroatoms. The highest BCUT2D eigenvalue weighted by molar-refractivity contribution is 5.98. The second-order valence-electron chi connectivity index (χ2n) is 5.86. The Balaban J connectivity index is 2.23. The summed E-state index contributed by atoms with van der Waals surface area (Å²) in [5, 5.41) is 0. The van der Waals surface area contributed by atoms with Crippen LogP contribution in [0.25, 0.3) is 0 Å². The molecule has 1 aliphatic heterocycles. The van der Waals surface area contributed by atoms with Crippen LogP contribution < -0.4 is 9.47 Å². The van der Waals surface area contributed by atoms with Gasteiger partial charge in [0.2, 0.25) is 0 Å². The van der Waals surface area contributed by atoms with Crippen molar-refractivity contribution in [2.24, 2.45) is 5.92 Å². The van der Waals surface area contributed by atoms with Crippen molar-refractivity contribution in [3.05, 3.63) is 23.3 Å². The Hall–Kier alpha value is -2.24. The Kier molecular flexibility index (Phi) is 6.06. The van der Waals surface area contributed by atoms with E-state index in [1.807, 2.05) is 6.92 Å². The van der Waals surface area contributed by atoms with Crippen LogP contribution >= 0.6 is 0 Å². The Morgan fingerprint density at radius 2 is 1.92 bits per heavy atom. The van der Waals surface area contributed by atoms with Gasteiger partial charge in [0.15, 0.2) is 0 Å². The van der Waals surface area contributed by atoms with Crippen molar-refractivity contribution in [2.75, 3.05) is 33.9 Å². The molecule has 24 heavy (non-hydrogen) atoms. The molecule has 1 amide bonds. The molecule has 1 fully saturated rings. The highest BCUT2D eigenvalue weighted by Gasteiger charge is 2.31. The number of carbonyl (C=O) groups excluding carboxylic acids is 2. The van der Waals surface area contributed by atoms with Crippen molar-refractivity contribution in [3.8, 4) is 11.5 Å². The average Bonchev–Trinajstić information content (AvgIpc) is 2.61. The minimum absolute atomic E-state index is 0.154. The van der Waals surface area contributed by atoms with Gasteiger partial charge in [-0.1, -0.05) is 0 Å². The summed E-state index contributed by atoms with van der Waals surface area (Å²) in [5.41, 5.74) is 1.35. The van der Waals surface area contributed by atoms with E-state index in [1.165, 1.54) is 7.11 Å². The fourth-order valence-electron chi connectivity index (χ4n) is 3.00. The zero-order valence-corrected chi connectivity index (χ0v) is 14.8. The first-order valence-electron chi connectivity index (χ1n) is 8.20. The van der Waals surface area contributed by atoms with Crippen molar-refractivity contribution >= 4 is 11.9 Å². The lowest BCUT2D eigenvalue weighted by Gasteiger charge is -2.32. The monoisotopic (exact) mass is 335 g/mol. The fourth-order valence-corrected chi connectivity index (χ4v) is 3.00. The third-order valence-electron chi connectivity index (χ3n) is 4.28. The molecule has 0 aromatic heterocycles. The smallest absolute Gasteiger partial charge is 0.310 e. The van der Waals surface area contributed by atoms with Crippen LogP contribution in [0.2, 0.25) is 0 Å². The lowest BCUT2D eigenvalue weighted by atomic mass is 9.97. The molecule has 0 saturated carbocycles. The maximum Gasteiger partial charge on any atom is 0.310 e. The zero-order valence-electron chi connectivity index (χ0n) is 14.8. The van der Waals surface area contributed by atoms with Crippen LogP contribution in [0.3, 0.4) is 0 Å². The Bertz CT molecular complexity index is 614. The summed E-state index contributed by atoms with van der Waals surface area (Å²) in [4.78, 5) is 26.6. The molecule has 0 aliphatic carbocycles. The van der Waals surface area contributed by atoms with Crippen molar-refractivity contribution in [1.29, 1.82) is 0 Å². The van der Waals surface area contributed by atoms with Crippen LogP contribution in [0.1, 0.15) is 35.7 Å². The van der Waals surface area contributed by atoms with Crippen molar-refractivity contribution in [3.63, 3.8) is 0 Å². The van der Waals surface area contributed by atoms with E-state index in [1.54, 1.807) is 31.1 Å². The predicted molar refractivity (Wildman–Crippen MR) is 89.5 cm³/mol. The molecule has 0 radical (unpaired) electrons. The topological polar surface area (TPSA) is 65.1 Å². The van der Waals surface area contributed by atoms with Crippen LogP contribution in [-0.2, 0) is 9.53 Å². The molecule has 6 nitrogen and oxygen atoms in total. The van der Waals surface area contributed by atoms with Gasteiger partial charge in [0.05, 0.1) is 32.3 Å². The van der Waals surface area contributed by atoms with Crippen molar-refractivity contribution in [1.82, 2.24) is 4.90 Å². The number of amides is 1. The van der Waals surface area contributed by atoms with Crippen LogP contribution in [-0.4, -0.2) is 50.7 Å². The van der Waals surface area contributed by atoms with E-state index in [2.05, 4.69) is 0 Å². The molecule has 1 aromatic rings. The van der Waals surface area contributed by atoms with E-state index >= 15 is 0 Å². The number of likely N-dealkylation sites (tertiary alicyclic amines) is 1. The van der Waals surface area contributed by atoms with Gasteiger partial charge in [0.25, 0.3) is 5.91 Å². The summed E-state index contributed by atoms with van der Waals surface area (Å²) in [6.07, 6.45) is 1.53. The van der Waals surface area contributed by atoms with E-state index in [9.17, 15) is 9.59 Å². The van der Waals surface area contributed by atoms with Gasteiger partial charge in [-0.05, 0) is 44.4 Å². The van der Waals surface area contributed by atoms with Crippen molar-refractivity contribution in [2.45, 2.75) is 26.7 Å². The SMILES string of the molecule is CCOC(=O)C1CCCN(C(=O)c2cc(OC)c(C)cc2OC)C1. The predicted octanol–water partition coefficient (Wildman–Crippen LogP) is 2.43. The van der Waals surface area contributed by atoms with E-state index < -0.39 is 0 Å². The minimum Gasteiger partial charge on any atom is -0.496 e. The molecule has 0 spiro atoms. The number of hydrogen-bond donors (Lipinski definition) is 0. The van der Waals surface area contributed by atoms with Gasteiger partial charge in [0.1, 0.15) is 11.5 Å². The summed E-state index contributed by atoms with van der Waals surface area (Å²) in [6, 6.07) is 3.49. The molecule has 1 atom stereocenters. The number of benzene rings is 1. The Labute approximate surface area is 142 Å². The number of aryl methyl sites for hydroxylation is 1. The maximum absolute atomic E-state index is 12.9. The van der Waals surface area contributed by atoms with Crippen molar-refractivity contribution < 1.29 is 23.8 Å². The van der Waals surface area contributed by atoms with E-state index in [4.69, 9.17) is 14.2 Å². The first-order valence-corrected chi connectivity index (χ1v) is 8.20. The van der Waals surface area contributed by atoms with Gasteiger partial charge in [-0.25, -0.2) is 0 Å². The van der Waals surface area contributed by atoms with Gasteiger partial charge in [0, 0.05) is 13.1 Å². The highest BCUT2D eigenvalue weighted by atomic mass is 16.5. The number of piperidine rings is 1. The van der Waals surface area contributed by atoms with Gasteiger partial charge < -0.3 is 19.1 Å². The lowest BCUT2D eigenvalue weighted by molar-refractivity contribution is -0.149. The third-order valence-corrected chi connectivity index (χ3v) is 4.28. The number of rotatable bonds is 5. The molecule has 1 aromatic carbocycles. The Morgan fingerprint density at radius 1 is 1.21 bits per heavy atom. The Morgan fingerprint density at radius 3 is 2.54 bits per heavy atom. The third kappa shape index (κ3) is 3.80. The molecule has 0 N–H and O–H groups in total. The summed E-state index contributed by atoms with van der Waals surface area (Å²) < 4.78 is 15.8. The summed E-state index contributed by atoms with van der Waals surface area (Å²) in [7, 11) is 3.11. The summed E-state index contributed by atoms with van der Waals surface area (Å²) in [5.74, 6) is 0.498. The number of nitrogens with zero attached hydrogens (tertiary/aromatic N) is 1. The van der Waals surface area contributed by atoms with Crippen LogP contribution in [0.15, 0.2) is 12.1 Å². The summed E-state index contributed by atoms with van der Waals surface area (Å²) >= 11 is 0. The van der Waals surface area contributed by atoms with E-state index in [0.717, 1.165) is 18.4 Å². The van der Waals surface area contributed by atoms with Gasteiger partial charge in [-0.15, -0.1) is 0 Å². The second-order valence-corrected chi connectivity index (χ2v) is 5.86. The number of hydrogen-bond acceptors (Lipinski definition) is 5. The molecule has 1 heterocycles. The number of ether oxygens (including phenoxy) is 3. The van der Waals surface area contributed by atoms with Gasteiger partial charge in [-0.3, -0.25) is 9.59 Å². The van der Waals surface area contributed by atoms with E-state index in [-0.39, 0.29) is 17.8 Å². The molecule has 0 bridgehead atoms. The first kappa shape index (κ1) is 18.1. The quantitative estimate of drug-likeness (QED) is 0.773. The second kappa shape index (κ2) is 8.04. The van der Waals surface area contributed by atoms with Crippen LogP contribution in [0, 0.1) is 12.8 Å². The molecular weight excluding hydrogens is 310 g/mol. The van der Waals surface area contributed by atoms with Gasteiger partial charge in [-0.2, -0.15) is 0 Å². The van der Waals surface area contributed by atoms with Crippen LogP contribution in [0.5, 0.6) is 11.5 Å². The van der Waals surface area contributed by atoms with Gasteiger partial charge >= 0.3 is 5.97 Å². The zero-order chi connectivity index (χ0) is 17.7. The molecule has 2 rings (SSSR count). The maximum atomic E-state index is 12.9. The number of carbonyl (C=O) groups is 2. The normalized spacial score (nSPS) is 17.3. The summed E-state index contributed by atoms with van der Waals surface area (Å²) in [6.45, 7) is 5.03. The fraction of sp³-hybridized carbons (Fsp3) is 0.556. The highest BCUT2D eigenvalue weighted by Crippen LogP contribution is 2.30. The number of esters is 1. The lowest BCUT2D eigenvalue weighted by Crippen LogP contribution is -2.43. The largest absolute Gasteiger partial charge is 0.496 e. The molecular formula is C18H25NO5. The molecule has 1 unspecified atom stereocenters. The van der Waals surface area contributed by atoms with Crippen LogP contribution in [0.4, 0.5) is 0 Å². The van der Waals surface area contributed by atoms with E-state index in [0.29, 0.717) is 36.8 Å². The first-order chi connectivity index (χ1) is 11.5. The average molecular weight is 335 g/mol.